The van der Waals surface area contributed by atoms with Crippen molar-refractivity contribution in [1.82, 2.24) is 0 Å². The second-order valence-corrected chi connectivity index (χ2v) is 4.05. The Hall–Kier alpha value is -1.45. The van der Waals surface area contributed by atoms with Crippen LogP contribution in [0.4, 0.5) is 8.78 Å². The molecular formula is C13H10ClF2N. The quantitative estimate of drug-likeness (QED) is 0.868. The first-order valence-corrected chi connectivity index (χ1v) is 5.42. The molecule has 2 N–H and O–H groups in total. The number of nitrogens with two attached hydrogens (primary N) is 1. The molecule has 0 aliphatic carbocycles. The van der Waals surface area contributed by atoms with Crippen LogP contribution in [0.15, 0.2) is 42.5 Å². The minimum absolute atomic E-state index is 0.0238. The number of hydrogen-bond acceptors (Lipinski definition) is 1. The summed E-state index contributed by atoms with van der Waals surface area (Å²) in [6.45, 7) is 0. The van der Waals surface area contributed by atoms with Crippen molar-refractivity contribution in [3.8, 4) is 0 Å². The zero-order valence-electron chi connectivity index (χ0n) is 8.83. The van der Waals surface area contributed by atoms with Crippen LogP contribution in [-0.2, 0) is 0 Å². The van der Waals surface area contributed by atoms with E-state index in [-0.39, 0.29) is 10.8 Å². The van der Waals surface area contributed by atoms with Crippen LogP contribution in [0.1, 0.15) is 17.2 Å². The van der Waals surface area contributed by atoms with Crippen LogP contribution < -0.4 is 5.73 Å². The van der Waals surface area contributed by atoms with E-state index in [1.165, 1.54) is 24.3 Å². The Labute approximate surface area is 103 Å². The van der Waals surface area contributed by atoms with E-state index in [2.05, 4.69) is 0 Å². The Kier molecular flexibility index (Phi) is 3.41. The van der Waals surface area contributed by atoms with E-state index in [1.807, 2.05) is 0 Å². The lowest BCUT2D eigenvalue weighted by molar-refractivity contribution is 0.620. The predicted molar refractivity (Wildman–Crippen MR) is 63.8 cm³/mol. The highest BCUT2D eigenvalue weighted by molar-refractivity contribution is 6.31. The molecule has 0 heterocycles. The maximum atomic E-state index is 13.3. The summed E-state index contributed by atoms with van der Waals surface area (Å²) >= 11 is 5.83. The van der Waals surface area contributed by atoms with Gasteiger partial charge in [-0.25, -0.2) is 8.78 Å². The Morgan fingerprint density at radius 3 is 2.47 bits per heavy atom. The van der Waals surface area contributed by atoms with E-state index >= 15 is 0 Å². The van der Waals surface area contributed by atoms with Gasteiger partial charge in [-0.3, -0.25) is 0 Å². The standard InChI is InChI=1S/C13H10ClF2N/c14-12-10(5-2-6-11(12)16)13(17)8-3-1-4-9(15)7-8/h1-7,13H,17H2. The second kappa shape index (κ2) is 4.82. The van der Waals surface area contributed by atoms with Crippen LogP contribution in [-0.4, -0.2) is 0 Å². The van der Waals surface area contributed by atoms with Gasteiger partial charge in [0.1, 0.15) is 11.6 Å². The van der Waals surface area contributed by atoms with Gasteiger partial charge in [0.05, 0.1) is 11.1 Å². The fourth-order valence-electron chi connectivity index (χ4n) is 1.64. The van der Waals surface area contributed by atoms with Crippen LogP contribution >= 0.6 is 11.6 Å². The lowest BCUT2D eigenvalue weighted by atomic mass is 9.99. The Morgan fingerprint density at radius 1 is 1.06 bits per heavy atom. The third-order valence-electron chi connectivity index (χ3n) is 2.52. The van der Waals surface area contributed by atoms with E-state index in [1.54, 1.807) is 18.2 Å². The topological polar surface area (TPSA) is 26.0 Å². The monoisotopic (exact) mass is 253 g/mol. The van der Waals surface area contributed by atoms with Gasteiger partial charge in [0.15, 0.2) is 0 Å². The lowest BCUT2D eigenvalue weighted by Gasteiger charge is -2.14. The highest BCUT2D eigenvalue weighted by Crippen LogP contribution is 2.28. The molecule has 1 atom stereocenters. The molecule has 0 fully saturated rings. The number of rotatable bonds is 2. The molecule has 1 unspecified atom stereocenters. The Bertz CT molecular complexity index is 543. The van der Waals surface area contributed by atoms with Crippen LogP contribution in [0, 0.1) is 11.6 Å². The number of halogens is 3. The Balaban J connectivity index is 2.44. The van der Waals surface area contributed by atoms with Gasteiger partial charge < -0.3 is 5.73 Å². The first kappa shape index (κ1) is 12.0. The molecule has 0 spiro atoms. The van der Waals surface area contributed by atoms with Crippen molar-refractivity contribution in [3.63, 3.8) is 0 Å². The van der Waals surface area contributed by atoms with Gasteiger partial charge >= 0.3 is 0 Å². The minimum Gasteiger partial charge on any atom is -0.320 e. The normalized spacial score (nSPS) is 12.5. The molecule has 2 aromatic carbocycles. The van der Waals surface area contributed by atoms with Crippen LogP contribution in [0.3, 0.4) is 0 Å². The first-order valence-electron chi connectivity index (χ1n) is 5.04. The zero-order chi connectivity index (χ0) is 12.4. The molecule has 0 saturated carbocycles. The summed E-state index contributed by atoms with van der Waals surface area (Å²) < 4.78 is 26.3. The molecule has 2 aromatic rings. The maximum absolute atomic E-state index is 13.3. The molecule has 0 aliphatic heterocycles. The van der Waals surface area contributed by atoms with Gasteiger partial charge in [0.25, 0.3) is 0 Å². The van der Waals surface area contributed by atoms with Gasteiger partial charge in [0.2, 0.25) is 0 Å². The summed E-state index contributed by atoms with van der Waals surface area (Å²) in [5.74, 6) is -0.915. The van der Waals surface area contributed by atoms with Crippen LogP contribution in [0.5, 0.6) is 0 Å². The van der Waals surface area contributed by atoms with Crippen molar-refractivity contribution in [1.29, 1.82) is 0 Å². The van der Waals surface area contributed by atoms with Crippen molar-refractivity contribution in [3.05, 3.63) is 70.2 Å². The van der Waals surface area contributed by atoms with Crippen molar-refractivity contribution < 1.29 is 8.78 Å². The van der Waals surface area contributed by atoms with Gasteiger partial charge in [-0.1, -0.05) is 35.9 Å². The molecule has 0 radical (unpaired) electrons. The summed E-state index contributed by atoms with van der Waals surface area (Å²) in [6.07, 6.45) is 0. The smallest absolute Gasteiger partial charge is 0.142 e. The van der Waals surface area contributed by atoms with Gasteiger partial charge in [-0.2, -0.15) is 0 Å². The molecule has 17 heavy (non-hydrogen) atoms. The van der Waals surface area contributed by atoms with E-state index in [0.29, 0.717) is 11.1 Å². The largest absolute Gasteiger partial charge is 0.320 e. The molecule has 1 nitrogen and oxygen atoms in total. The van der Waals surface area contributed by atoms with E-state index in [0.717, 1.165) is 0 Å². The van der Waals surface area contributed by atoms with Gasteiger partial charge in [-0.05, 0) is 29.3 Å². The molecule has 4 heteroatoms. The summed E-state index contributed by atoms with van der Waals surface area (Å²) in [7, 11) is 0. The summed E-state index contributed by atoms with van der Waals surface area (Å²) in [4.78, 5) is 0. The van der Waals surface area contributed by atoms with Gasteiger partial charge in [0, 0.05) is 0 Å². The second-order valence-electron chi connectivity index (χ2n) is 3.68. The fraction of sp³-hybridized carbons (Fsp3) is 0.0769. The van der Waals surface area contributed by atoms with Crippen LogP contribution in [0.2, 0.25) is 5.02 Å². The lowest BCUT2D eigenvalue weighted by Crippen LogP contribution is -2.13. The average molecular weight is 254 g/mol. The summed E-state index contributed by atoms with van der Waals surface area (Å²) in [5, 5.41) is -0.0238. The molecule has 0 amide bonds. The van der Waals surface area contributed by atoms with Crippen molar-refractivity contribution in [2.45, 2.75) is 6.04 Å². The van der Waals surface area contributed by atoms with Gasteiger partial charge in [-0.15, -0.1) is 0 Å². The zero-order valence-corrected chi connectivity index (χ0v) is 9.59. The molecule has 2 rings (SSSR count). The molecular weight excluding hydrogens is 244 g/mol. The third kappa shape index (κ3) is 2.46. The van der Waals surface area contributed by atoms with Crippen molar-refractivity contribution >= 4 is 11.6 Å². The molecule has 0 bridgehead atoms. The Morgan fingerprint density at radius 2 is 1.76 bits per heavy atom. The predicted octanol–water partition coefficient (Wildman–Crippen LogP) is 3.67. The summed E-state index contributed by atoms with van der Waals surface area (Å²) in [5.41, 5.74) is 6.93. The first-order chi connectivity index (χ1) is 8.09. The van der Waals surface area contributed by atoms with Crippen LogP contribution in [0.25, 0.3) is 0 Å². The molecule has 0 saturated heterocycles. The molecule has 0 aromatic heterocycles. The SMILES string of the molecule is NC(c1cccc(F)c1)c1cccc(F)c1Cl. The van der Waals surface area contributed by atoms with E-state index < -0.39 is 11.9 Å². The van der Waals surface area contributed by atoms with E-state index in [9.17, 15) is 8.78 Å². The molecule has 0 aliphatic rings. The van der Waals surface area contributed by atoms with E-state index in [4.69, 9.17) is 17.3 Å². The van der Waals surface area contributed by atoms with Crippen molar-refractivity contribution in [2.24, 2.45) is 5.73 Å². The number of hydrogen-bond donors (Lipinski definition) is 1. The highest BCUT2D eigenvalue weighted by Gasteiger charge is 2.15. The fourth-order valence-corrected chi connectivity index (χ4v) is 1.88. The average Bonchev–Trinajstić information content (AvgIpc) is 2.32. The summed E-state index contributed by atoms with van der Waals surface area (Å²) in [6, 6.07) is 9.62. The third-order valence-corrected chi connectivity index (χ3v) is 2.92. The number of benzene rings is 2. The van der Waals surface area contributed by atoms with Crippen molar-refractivity contribution in [2.75, 3.05) is 0 Å². The molecule has 88 valence electrons. The highest BCUT2D eigenvalue weighted by atomic mass is 35.5. The minimum atomic E-state index is -0.645. The maximum Gasteiger partial charge on any atom is 0.142 e.